The fourth-order valence-corrected chi connectivity index (χ4v) is 2.25. The molecule has 0 aliphatic heterocycles. The van der Waals surface area contributed by atoms with Crippen molar-refractivity contribution in [1.82, 2.24) is 15.1 Å². The molecule has 0 amide bonds. The van der Waals surface area contributed by atoms with Gasteiger partial charge in [-0.2, -0.15) is 5.10 Å². The summed E-state index contributed by atoms with van der Waals surface area (Å²) in [6, 6.07) is 0.471. The van der Waals surface area contributed by atoms with Crippen molar-refractivity contribution in [3.63, 3.8) is 0 Å². The van der Waals surface area contributed by atoms with Crippen molar-refractivity contribution < 1.29 is 0 Å². The first-order chi connectivity index (χ1) is 7.61. The van der Waals surface area contributed by atoms with Crippen LogP contribution in [0.15, 0.2) is 0 Å². The quantitative estimate of drug-likeness (QED) is 0.803. The van der Waals surface area contributed by atoms with Gasteiger partial charge in [0.25, 0.3) is 0 Å². The molecule has 1 N–H and O–H groups in total. The van der Waals surface area contributed by atoms with Crippen molar-refractivity contribution in [2.75, 3.05) is 6.54 Å². The number of nitrogens with one attached hydrogen (secondary N) is 1. The minimum Gasteiger partial charge on any atom is -0.310 e. The molecule has 0 saturated carbocycles. The van der Waals surface area contributed by atoms with Gasteiger partial charge in [-0.1, -0.05) is 20.3 Å². The summed E-state index contributed by atoms with van der Waals surface area (Å²) < 4.78 is 1.99. The lowest BCUT2D eigenvalue weighted by Crippen LogP contribution is -2.23. The number of hydrogen-bond acceptors (Lipinski definition) is 2. The molecule has 1 unspecified atom stereocenters. The molecule has 1 aromatic rings. The van der Waals surface area contributed by atoms with E-state index in [0.717, 1.165) is 6.54 Å². The van der Waals surface area contributed by atoms with Gasteiger partial charge in [0.1, 0.15) is 0 Å². The molecule has 16 heavy (non-hydrogen) atoms. The lowest BCUT2D eigenvalue weighted by Gasteiger charge is -2.18. The van der Waals surface area contributed by atoms with Crippen molar-refractivity contribution in [2.45, 2.75) is 53.0 Å². The first-order valence-corrected chi connectivity index (χ1v) is 6.35. The SMILES string of the molecule is CCCNC(CCC)c1c(C)nn(C)c1C. The van der Waals surface area contributed by atoms with Crippen LogP contribution in [0.1, 0.15) is 56.1 Å². The van der Waals surface area contributed by atoms with Crippen LogP contribution in [0.2, 0.25) is 0 Å². The Morgan fingerprint density at radius 2 is 1.94 bits per heavy atom. The Hall–Kier alpha value is -0.830. The molecule has 1 heterocycles. The van der Waals surface area contributed by atoms with E-state index in [9.17, 15) is 0 Å². The number of nitrogens with zero attached hydrogens (tertiary/aromatic N) is 2. The van der Waals surface area contributed by atoms with E-state index in [1.807, 2.05) is 11.7 Å². The molecule has 0 spiro atoms. The van der Waals surface area contributed by atoms with Crippen molar-refractivity contribution >= 4 is 0 Å². The highest BCUT2D eigenvalue weighted by molar-refractivity contribution is 5.28. The summed E-state index contributed by atoms with van der Waals surface area (Å²) in [6.07, 6.45) is 3.57. The highest BCUT2D eigenvalue weighted by Crippen LogP contribution is 2.24. The summed E-state index contributed by atoms with van der Waals surface area (Å²) in [5, 5.41) is 8.13. The van der Waals surface area contributed by atoms with Crippen molar-refractivity contribution in [2.24, 2.45) is 7.05 Å². The molecule has 1 aromatic heterocycles. The van der Waals surface area contributed by atoms with Crippen LogP contribution >= 0.6 is 0 Å². The van der Waals surface area contributed by atoms with Gasteiger partial charge in [0.2, 0.25) is 0 Å². The third-order valence-corrected chi connectivity index (χ3v) is 3.13. The molecule has 1 atom stereocenters. The fraction of sp³-hybridized carbons (Fsp3) is 0.769. The Labute approximate surface area is 99.2 Å². The Kier molecular flexibility index (Phi) is 5.00. The molecule has 0 saturated heterocycles. The minimum atomic E-state index is 0.471. The van der Waals surface area contributed by atoms with E-state index in [0.29, 0.717) is 6.04 Å². The van der Waals surface area contributed by atoms with Gasteiger partial charge in [-0.05, 0) is 33.2 Å². The zero-order chi connectivity index (χ0) is 12.1. The molecule has 1 rings (SSSR count). The zero-order valence-electron chi connectivity index (χ0n) is 11.3. The van der Waals surface area contributed by atoms with E-state index in [2.05, 4.69) is 38.1 Å². The standard InChI is InChI=1S/C13H25N3/c1-6-8-12(14-9-7-2)13-10(3)15-16(5)11(13)4/h12,14H,6-9H2,1-5H3. The molecule has 3 heteroatoms. The number of rotatable bonds is 6. The highest BCUT2D eigenvalue weighted by Gasteiger charge is 2.18. The molecule has 0 radical (unpaired) electrons. The molecule has 0 bridgehead atoms. The summed E-state index contributed by atoms with van der Waals surface area (Å²) in [5.74, 6) is 0. The summed E-state index contributed by atoms with van der Waals surface area (Å²) in [7, 11) is 2.02. The topological polar surface area (TPSA) is 29.9 Å². The Morgan fingerprint density at radius 3 is 2.38 bits per heavy atom. The average Bonchev–Trinajstić information content (AvgIpc) is 2.49. The highest BCUT2D eigenvalue weighted by atomic mass is 15.3. The van der Waals surface area contributed by atoms with Crippen LogP contribution in [0, 0.1) is 13.8 Å². The monoisotopic (exact) mass is 223 g/mol. The maximum atomic E-state index is 4.50. The van der Waals surface area contributed by atoms with Crippen LogP contribution in [0.3, 0.4) is 0 Å². The largest absolute Gasteiger partial charge is 0.310 e. The second kappa shape index (κ2) is 6.04. The normalized spacial score (nSPS) is 13.1. The van der Waals surface area contributed by atoms with Crippen LogP contribution in [-0.4, -0.2) is 16.3 Å². The van der Waals surface area contributed by atoms with Gasteiger partial charge < -0.3 is 5.32 Å². The van der Waals surface area contributed by atoms with Crippen molar-refractivity contribution in [3.8, 4) is 0 Å². The predicted octanol–water partition coefficient (Wildman–Crippen LogP) is 2.88. The molecule has 0 aromatic carbocycles. The third kappa shape index (κ3) is 2.85. The lowest BCUT2D eigenvalue weighted by atomic mass is 10.0. The van der Waals surface area contributed by atoms with Crippen LogP contribution in [0.25, 0.3) is 0 Å². The second-order valence-electron chi connectivity index (χ2n) is 4.50. The second-order valence-corrected chi connectivity index (χ2v) is 4.50. The number of aryl methyl sites for hydroxylation is 2. The van der Waals surface area contributed by atoms with E-state index in [-0.39, 0.29) is 0 Å². The number of aromatic nitrogens is 2. The number of hydrogen-bond donors (Lipinski definition) is 1. The van der Waals surface area contributed by atoms with E-state index in [1.54, 1.807) is 0 Å². The molecule has 0 aliphatic carbocycles. The molecular formula is C13H25N3. The van der Waals surface area contributed by atoms with Gasteiger partial charge in [-0.25, -0.2) is 0 Å². The summed E-state index contributed by atoms with van der Waals surface area (Å²) in [6.45, 7) is 9.79. The Balaban J connectivity index is 2.90. The smallest absolute Gasteiger partial charge is 0.0644 e. The first kappa shape index (κ1) is 13.2. The zero-order valence-corrected chi connectivity index (χ0v) is 11.3. The summed E-state index contributed by atoms with van der Waals surface area (Å²) >= 11 is 0. The average molecular weight is 223 g/mol. The fourth-order valence-electron chi connectivity index (χ4n) is 2.25. The van der Waals surface area contributed by atoms with E-state index in [1.165, 1.54) is 36.2 Å². The van der Waals surface area contributed by atoms with E-state index < -0.39 is 0 Å². The third-order valence-electron chi connectivity index (χ3n) is 3.13. The van der Waals surface area contributed by atoms with Gasteiger partial charge in [0, 0.05) is 24.3 Å². The summed E-state index contributed by atoms with van der Waals surface area (Å²) in [4.78, 5) is 0. The van der Waals surface area contributed by atoms with Crippen LogP contribution in [0.4, 0.5) is 0 Å². The van der Waals surface area contributed by atoms with E-state index >= 15 is 0 Å². The van der Waals surface area contributed by atoms with Crippen LogP contribution < -0.4 is 5.32 Å². The Morgan fingerprint density at radius 1 is 1.25 bits per heavy atom. The van der Waals surface area contributed by atoms with Gasteiger partial charge in [-0.3, -0.25) is 4.68 Å². The predicted molar refractivity (Wildman–Crippen MR) is 68.6 cm³/mol. The molecule has 0 fully saturated rings. The summed E-state index contributed by atoms with van der Waals surface area (Å²) in [5.41, 5.74) is 3.86. The molecular weight excluding hydrogens is 198 g/mol. The van der Waals surface area contributed by atoms with E-state index in [4.69, 9.17) is 0 Å². The lowest BCUT2D eigenvalue weighted by molar-refractivity contribution is 0.489. The minimum absolute atomic E-state index is 0.471. The molecule has 92 valence electrons. The van der Waals surface area contributed by atoms with Crippen LogP contribution in [0.5, 0.6) is 0 Å². The first-order valence-electron chi connectivity index (χ1n) is 6.35. The molecule has 3 nitrogen and oxygen atoms in total. The molecule has 0 aliphatic rings. The van der Waals surface area contributed by atoms with Gasteiger partial charge in [-0.15, -0.1) is 0 Å². The van der Waals surface area contributed by atoms with Gasteiger partial charge in [0.15, 0.2) is 0 Å². The van der Waals surface area contributed by atoms with Crippen LogP contribution in [-0.2, 0) is 7.05 Å². The maximum Gasteiger partial charge on any atom is 0.0644 e. The van der Waals surface area contributed by atoms with Gasteiger partial charge in [0.05, 0.1) is 5.69 Å². The van der Waals surface area contributed by atoms with Crippen molar-refractivity contribution in [3.05, 3.63) is 17.0 Å². The van der Waals surface area contributed by atoms with Gasteiger partial charge >= 0.3 is 0 Å². The maximum absolute atomic E-state index is 4.50. The Bertz CT molecular complexity index is 328. The van der Waals surface area contributed by atoms with Crippen molar-refractivity contribution in [1.29, 1.82) is 0 Å².